The van der Waals surface area contributed by atoms with Crippen molar-refractivity contribution < 1.29 is 39.8 Å². The second kappa shape index (κ2) is 18.7. The van der Waals surface area contributed by atoms with Gasteiger partial charge in [-0.05, 0) is 88.4 Å². The number of aromatic nitrogens is 2. The molecule has 17 heteroatoms. The van der Waals surface area contributed by atoms with Crippen molar-refractivity contribution in [2.75, 3.05) is 23.1 Å². The summed E-state index contributed by atoms with van der Waals surface area (Å²) >= 11 is 0. The van der Waals surface area contributed by atoms with Crippen LogP contribution in [-0.2, 0) is 20.2 Å². The van der Waals surface area contributed by atoms with E-state index in [9.17, 15) is 16.8 Å². The lowest BCUT2D eigenvalue weighted by Gasteiger charge is -2.16. The van der Waals surface area contributed by atoms with Gasteiger partial charge in [0.15, 0.2) is 0 Å². The third-order valence-corrected chi connectivity index (χ3v) is 6.21. The zero-order valence-corrected chi connectivity index (χ0v) is 31.5. The van der Waals surface area contributed by atoms with Crippen LogP contribution < -0.4 is 20.1 Å². The smallest absolute Gasteiger partial charge is 0.261 e. The standard InChI is InChI=1S/C34H34N6O3.2CH4O3S/c1-21(2)41-31-19-23(39-33(35)27-9-5-7-17-37-27)11-13-25(31)29-15-16-30(43-29)26-14-12-24(20-32(26)42-22(3)4)40-34(36)28-10-6-8-18-38-28;2*1-5(2,3)4/h5-22H,1-4H3,(H2,35,39)(H2,36,40);2*1H3,(H,2,3,4). The molecular weight excluding hydrogens is 725 g/mol. The SMILES string of the molecule is CC(C)Oc1cc(NC(=N)c2ccccn2)ccc1-c1ccc(-c2ccc(NC(=N)c3ccccn3)cc2OC(C)C)o1.CS(=O)(=O)O.CS(=O)(=O)O. The number of nitrogens with one attached hydrogen (secondary N) is 4. The summed E-state index contributed by atoms with van der Waals surface area (Å²) in [5.41, 5.74) is 4.06. The highest BCUT2D eigenvalue weighted by Gasteiger charge is 2.18. The number of hydrogen-bond acceptors (Lipinski definition) is 11. The Morgan fingerprint density at radius 2 is 1.00 bits per heavy atom. The molecule has 0 aliphatic rings. The number of anilines is 2. The van der Waals surface area contributed by atoms with E-state index in [1.165, 1.54) is 0 Å². The van der Waals surface area contributed by atoms with Crippen molar-refractivity contribution in [3.05, 3.63) is 109 Å². The molecule has 0 bridgehead atoms. The highest BCUT2D eigenvalue weighted by molar-refractivity contribution is 7.85. The van der Waals surface area contributed by atoms with Crippen LogP contribution in [0.4, 0.5) is 11.4 Å². The molecule has 0 fully saturated rings. The van der Waals surface area contributed by atoms with E-state index >= 15 is 0 Å². The lowest BCUT2D eigenvalue weighted by atomic mass is 10.1. The van der Waals surface area contributed by atoms with E-state index in [1.54, 1.807) is 24.5 Å². The number of rotatable bonds is 10. The molecule has 0 spiro atoms. The molecule has 3 heterocycles. The predicted octanol–water partition coefficient (Wildman–Crippen LogP) is 6.86. The molecule has 5 rings (SSSR count). The number of ether oxygens (including phenoxy) is 2. The van der Waals surface area contributed by atoms with Crippen LogP contribution in [0.15, 0.2) is 102 Å². The van der Waals surface area contributed by atoms with Crippen molar-refractivity contribution >= 4 is 43.3 Å². The Kier molecular flexibility index (Phi) is 14.8. The van der Waals surface area contributed by atoms with Crippen molar-refractivity contribution in [1.29, 1.82) is 10.8 Å². The summed E-state index contributed by atoms with van der Waals surface area (Å²) in [5.74, 6) is 2.89. The van der Waals surface area contributed by atoms with Crippen LogP contribution in [-0.4, -0.2) is 72.3 Å². The number of pyridine rings is 2. The first kappa shape index (κ1) is 41.8. The zero-order chi connectivity index (χ0) is 39.3. The second-order valence-electron chi connectivity index (χ2n) is 11.8. The summed E-state index contributed by atoms with van der Waals surface area (Å²) < 4.78 is 70.4. The molecule has 0 radical (unpaired) electrons. The number of furan rings is 1. The lowest BCUT2D eigenvalue weighted by molar-refractivity contribution is 0.243. The predicted molar refractivity (Wildman–Crippen MR) is 205 cm³/mol. The van der Waals surface area contributed by atoms with Gasteiger partial charge >= 0.3 is 0 Å². The summed E-state index contributed by atoms with van der Waals surface area (Å²) in [7, 11) is -7.33. The van der Waals surface area contributed by atoms with Crippen molar-refractivity contribution in [2.24, 2.45) is 0 Å². The van der Waals surface area contributed by atoms with Crippen molar-refractivity contribution in [3.8, 4) is 34.1 Å². The topological polar surface area (TPSA) is 238 Å². The molecule has 3 aromatic heterocycles. The van der Waals surface area contributed by atoms with Crippen molar-refractivity contribution in [2.45, 2.75) is 39.9 Å². The van der Waals surface area contributed by atoms with Gasteiger partial charge in [-0.25, -0.2) is 0 Å². The average Bonchev–Trinajstić information content (AvgIpc) is 3.53. The molecule has 0 saturated heterocycles. The molecule has 0 aliphatic heterocycles. The van der Waals surface area contributed by atoms with E-state index in [-0.39, 0.29) is 23.9 Å². The van der Waals surface area contributed by atoms with E-state index in [0.29, 0.717) is 58.3 Å². The Bertz CT molecular complexity index is 2040. The Morgan fingerprint density at radius 1 is 0.642 bits per heavy atom. The summed E-state index contributed by atoms with van der Waals surface area (Å²) in [5, 5.41) is 23.0. The van der Waals surface area contributed by atoms with E-state index in [2.05, 4.69) is 20.6 Å². The van der Waals surface area contributed by atoms with Gasteiger partial charge in [-0.15, -0.1) is 0 Å². The summed E-state index contributed by atoms with van der Waals surface area (Å²) in [6.45, 7) is 7.86. The maximum atomic E-state index is 9.19. The quantitative estimate of drug-likeness (QED) is 0.0484. The minimum atomic E-state index is -3.67. The van der Waals surface area contributed by atoms with Gasteiger partial charge in [-0.3, -0.25) is 29.9 Å². The Morgan fingerprint density at radius 3 is 1.30 bits per heavy atom. The third-order valence-electron chi connectivity index (χ3n) is 6.21. The fraction of sp³-hybridized carbons (Fsp3) is 0.222. The molecule has 0 atom stereocenters. The molecule has 282 valence electrons. The first-order valence-corrected chi connectivity index (χ1v) is 19.6. The first-order chi connectivity index (χ1) is 24.8. The fourth-order valence-electron chi connectivity index (χ4n) is 4.38. The second-order valence-corrected chi connectivity index (χ2v) is 14.7. The molecule has 0 aliphatic carbocycles. The number of benzene rings is 2. The van der Waals surface area contributed by atoms with Gasteiger partial charge in [0.05, 0.1) is 35.8 Å². The maximum Gasteiger partial charge on any atom is 0.261 e. The largest absolute Gasteiger partial charge is 0.490 e. The van der Waals surface area contributed by atoms with Crippen LogP contribution in [0.2, 0.25) is 0 Å². The van der Waals surface area contributed by atoms with Gasteiger partial charge in [0.2, 0.25) is 0 Å². The van der Waals surface area contributed by atoms with E-state index in [4.69, 9.17) is 33.8 Å². The molecule has 2 aromatic carbocycles. The monoisotopic (exact) mass is 766 g/mol. The van der Waals surface area contributed by atoms with Crippen LogP contribution in [0.3, 0.4) is 0 Å². The van der Waals surface area contributed by atoms with Gasteiger partial charge < -0.3 is 24.5 Å². The zero-order valence-electron chi connectivity index (χ0n) is 29.9. The van der Waals surface area contributed by atoms with Gasteiger partial charge in [0, 0.05) is 35.9 Å². The summed E-state index contributed by atoms with van der Waals surface area (Å²) in [6.07, 6.45) is 4.60. The average molecular weight is 767 g/mol. The minimum absolute atomic E-state index is 0.0745. The van der Waals surface area contributed by atoms with Gasteiger partial charge in [-0.2, -0.15) is 16.8 Å². The maximum absolute atomic E-state index is 9.19. The van der Waals surface area contributed by atoms with Gasteiger partial charge in [-0.1, -0.05) is 12.1 Å². The highest BCUT2D eigenvalue weighted by Crippen LogP contribution is 2.40. The fourth-order valence-corrected chi connectivity index (χ4v) is 4.38. The van der Waals surface area contributed by atoms with E-state index in [0.717, 1.165) is 11.1 Å². The number of amidine groups is 2. The molecular formula is C36H42N6O9S2. The van der Waals surface area contributed by atoms with Gasteiger partial charge in [0.25, 0.3) is 20.2 Å². The van der Waals surface area contributed by atoms with E-state index < -0.39 is 20.2 Å². The molecule has 5 aromatic rings. The lowest BCUT2D eigenvalue weighted by Crippen LogP contribution is -2.14. The van der Waals surface area contributed by atoms with Crippen molar-refractivity contribution in [3.63, 3.8) is 0 Å². The van der Waals surface area contributed by atoms with Crippen LogP contribution in [0.5, 0.6) is 11.5 Å². The van der Waals surface area contributed by atoms with E-state index in [1.807, 2.05) is 100 Å². The number of nitrogens with zero attached hydrogens (tertiary/aromatic N) is 2. The van der Waals surface area contributed by atoms with Crippen molar-refractivity contribution in [1.82, 2.24) is 9.97 Å². The first-order valence-electron chi connectivity index (χ1n) is 15.9. The van der Waals surface area contributed by atoms with Crippen LogP contribution in [0.1, 0.15) is 39.1 Å². The molecule has 0 unspecified atom stereocenters. The number of hydrogen-bond donors (Lipinski definition) is 6. The normalized spacial score (nSPS) is 11.1. The van der Waals surface area contributed by atoms with Crippen LogP contribution in [0.25, 0.3) is 22.6 Å². The summed E-state index contributed by atoms with van der Waals surface area (Å²) in [4.78, 5) is 8.48. The van der Waals surface area contributed by atoms with Gasteiger partial charge in [0.1, 0.15) is 46.1 Å². The Balaban J connectivity index is 0.000000669. The highest BCUT2D eigenvalue weighted by atomic mass is 32.2. The molecule has 15 nitrogen and oxygen atoms in total. The molecule has 53 heavy (non-hydrogen) atoms. The summed E-state index contributed by atoms with van der Waals surface area (Å²) in [6, 6.07) is 26.0. The molecule has 0 amide bonds. The van der Waals surface area contributed by atoms with Crippen LogP contribution >= 0.6 is 0 Å². The Hall–Kier alpha value is -5.62. The third kappa shape index (κ3) is 15.3. The Labute approximate surface area is 309 Å². The molecule has 0 saturated carbocycles. The minimum Gasteiger partial charge on any atom is -0.490 e. The van der Waals surface area contributed by atoms with Crippen LogP contribution in [0, 0.1) is 10.8 Å². The molecule has 6 N–H and O–H groups in total.